The van der Waals surface area contributed by atoms with Crippen molar-refractivity contribution in [3.63, 3.8) is 0 Å². The first-order chi connectivity index (χ1) is 11.9. The number of carboxylic acid groups (broad SMARTS) is 1. The highest BCUT2D eigenvalue weighted by Crippen LogP contribution is 2.23. The van der Waals surface area contributed by atoms with Gasteiger partial charge in [0.15, 0.2) is 0 Å². The topological polar surface area (TPSA) is 84.9 Å². The molecule has 0 radical (unpaired) electrons. The molecule has 0 spiro atoms. The Balaban J connectivity index is 2.09. The minimum Gasteiger partial charge on any atom is -0.497 e. The third kappa shape index (κ3) is 4.97. The van der Waals surface area contributed by atoms with Crippen LogP contribution in [0, 0.1) is 5.92 Å². The number of benzene rings is 2. The van der Waals surface area contributed by atoms with Gasteiger partial charge in [-0.3, -0.25) is 9.59 Å². The molecule has 0 fully saturated rings. The molecule has 0 aliphatic carbocycles. The van der Waals surface area contributed by atoms with Crippen LogP contribution in [0.25, 0.3) is 0 Å². The van der Waals surface area contributed by atoms with Gasteiger partial charge >= 0.3 is 5.97 Å². The number of amides is 1. The number of ether oxygens (including phenoxy) is 2. The number of carbonyl (C=O) groups excluding carboxylic acids is 1. The van der Waals surface area contributed by atoms with Crippen LogP contribution >= 0.6 is 0 Å². The van der Waals surface area contributed by atoms with Gasteiger partial charge in [0.2, 0.25) is 0 Å². The molecular weight excluding hydrogens is 322 g/mol. The van der Waals surface area contributed by atoms with Gasteiger partial charge in [0.05, 0.1) is 20.1 Å². The lowest BCUT2D eigenvalue weighted by Gasteiger charge is -2.10. The van der Waals surface area contributed by atoms with E-state index in [1.54, 1.807) is 49.4 Å². The molecule has 0 saturated carbocycles. The summed E-state index contributed by atoms with van der Waals surface area (Å²) in [5.41, 5.74) is 1.94. The summed E-state index contributed by atoms with van der Waals surface area (Å²) in [4.78, 5) is 23.3. The monoisotopic (exact) mass is 343 g/mol. The molecule has 0 saturated heterocycles. The fourth-order valence-electron chi connectivity index (χ4n) is 2.31. The molecule has 1 unspecified atom stereocenters. The van der Waals surface area contributed by atoms with Crippen LogP contribution < -0.4 is 14.8 Å². The maximum atomic E-state index is 12.4. The molecule has 0 aromatic heterocycles. The Kier molecular flexibility index (Phi) is 6.00. The average molecular weight is 343 g/mol. The van der Waals surface area contributed by atoms with Crippen molar-refractivity contribution in [3.8, 4) is 11.5 Å². The van der Waals surface area contributed by atoms with Crippen molar-refractivity contribution in [2.45, 2.75) is 13.3 Å². The number of methoxy groups -OCH3 is 2. The quantitative estimate of drug-likeness (QED) is 0.806. The van der Waals surface area contributed by atoms with Crippen molar-refractivity contribution in [1.82, 2.24) is 0 Å². The first kappa shape index (κ1) is 18.3. The van der Waals surface area contributed by atoms with E-state index in [0.29, 0.717) is 29.2 Å². The maximum Gasteiger partial charge on any atom is 0.306 e. The Bertz CT molecular complexity index is 733. The fraction of sp³-hybridized carbons (Fsp3) is 0.263. The van der Waals surface area contributed by atoms with E-state index >= 15 is 0 Å². The molecule has 0 heterocycles. The van der Waals surface area contributed by atoms with Crippen molar-refractivity contribution in [2.75, 3.05) is 19.5 Å². The number of rotatable bonds is 7. The summed E-state index contributed by atoms with van der Waals surface area (Å²) in [6, 6.07) is 12.1. The summed E-state index contributed by atoms with van der Waals surface area (Å²) >= 11 is 0. The third-order valence-corrected chi connectivity index (χ3v) is 3.79. The lowest BCUT2D eigenvalue weighted by Crippen LogP contribution is -2.13. The Hall–Kier alpha value is -3.02. The predicted molar refractivity (Wildman–Crippen MR) is 94.4 cm³/mol. The molecule has 6 heteroatoms. The molecule has 1 atom stereocenters. The zero-order valence-electron chi connectivity index (χ0n) is 14.4. The Labute approximate surface area is 146 Å². The highest BCUT2D eigenvalue weighted by Gasteiger charge is 2.13. The number of carboxylic acids is 1. The van der Waals surface area contributed by atoms with Gasteiger partial charge in [-0.25, -0.2) is 0 Å². The van der Waals surface area contributed by atoms with Gasteiger partial charge in [-0.1, -0.05) is 19.1 Å². The van der Waals surface area contributed by atoms with E-state index in [4.69, 9.17) is 14.6 Å². The smallest absolute Gasteiger partial charge is 0.306 e. The van der Waals surface area contributed by atoms with Crippen molar-refractivity contribution in [3.05, 3.63) is 53.6 Å². The fourth-order valence-corrected chi connectivity index (χ4v) is 2.31. The van der Waals surface area contributed by atoms with Gasteiger partial charge in [0, 0.05) is 17.3 Å². The van der Waals surface area contributed by atoms with E-state index in [2.05, 4.69) is 5.32 Å². The summed E-state index contributed by atoms with van der Waals surface area (Å²) in [6.45, 7) is 1.66. The first-order valence-corrected chi connectivity index (χ1v) is 7.79. The molecular formula is C19H21NO5. The van der Waals surface area contributed by atoms with Crippen LogP contribution in [0.5, 0.6) is 11.5 Å². The van der Waals surface area contributed by atoms with E-state index in [-0.39, 0.29) is 5.91 Å². The van der Waals surface area contributed by atoms with Gasteiger partial charge in [-0.2, -0.15) is 0 Å². The highest BCUT2D eigenvalue weighted by atomic mass is 16.5. The van der Waals surface area contributed by atoms with Gasteiger partial charge < -0.3 is 19.9 Å². The molecule has 2 aromatic carbocycles. The normalized spacial score (nSPS) is 11.5. The molecule has 132 valence electrons. The second kappa shape index (κ2) is 8.19. The molecule has 2 N–H and O–H groups in total. The number of anilines is 1. The number of aliphatic carboxylic acids is 1. The van der Waals surface area contributed by atoms with Crippen LogP contribution in [0.2, 0.25) is 0 Å². The van der Waals surface area contributed by atoms with Gasteiger partial charge in [0.25, 0.3) is 5.91 Å². The maximum absolute atomic E-state index is 12.4. The highest BCUT2D eigenvalue weighted by molar-refractivity contribution is 6.04. The van der Waals surface area contributed by atoms with Crippen LogP contribution in [-0.4, -0.2) is 31.2 Å². The second-order valence-corrected chi connectivity index (χ2v) is 5.70. The van der Waals surface area contributed by atoms with Crippen molar-refractivity contribution < 1.29 is 24.2 Å². The average Bonchev–Trinajstić information content (AvgIpc) is 2.62. The third-order valence-electron chi connectivity index (χ3n) is 3.79. The molecule has 2 aromatic rings. The Morgan fingerprint density at radius 3 is 2.08 bits per heavy atom. The number of hydrogen-bond acceptors (Lipinski definition) is 4. The lowest BCUT2D eigenvalue weighted by molar-refractivity contribution is -0.141. The summed E-state index contributed by atoms with van der Waals surface area (Å²) in [6.07, 6.45) is 0.441. The van der Waals surface area contributed by atoms with Crippen molar-refractivity contribution in [1.29, 1.82) is 0 Å². The number of carbonyl (C=O) groups is 2. The molecule has 6 nitrogen and oxygen atoms in total. The van der Waals surface area contributed by atoms with E-state index in [0.717, 1.165) is 5.56 Å². The zero-order chi connectivity index (χ0) is 18.4. The SMILES string of the molecule is COc1cc(OC)cc(C(=O)Nc2ccc(CC(C)C(=O)O)cc2)c1. The van der Waals surface area contributed by atoms with Gasteiger partial charge in [-0.05, 0) is 36.2 Å². The lowest BCUT2D eigenvalue weighted by atomic mass is 10.0. The molecule has 0 bridgehead atoms. The number of nitrogens with one attached hydrogen (secondary N) is 1. The van der Waals surface area contributed by atoms with Crippen LogP contribution in [0.3, 0.4) is 0 Å². The predicted octanol–water partition coefficient (Wildman–Crippen LogP) is 3.22. The van der Waals surface area contributed by atoms with Crippen LogP contribution in [0.1, 0.15) is 22.8 Å². The van der Waals surface area contributed by atoms with Crippen LogP contribution in [0.15, 0.2) is 42.5 Å². The van der Waals surface area contributed by atoms with Crippen molar-refractivity contribution in [2.24, 2.45) is 5.92 Å². The largest absolute Gasteiger partial charge is 0.497 e. The van der Waals surface area contributed by atoms with Crippen molar-refractivity contribution >= 4 is 17.6 Å². The molecule has 0 aliphatic heterocycles. The van der Waals surface area contributed by atoms with E-state index in [9.17, 15) is 9.59 Å². The van der Waals surface area contributed by atoms with E-state index < -0.39 is 11.9 Å². The Morgan fingerprint density at radius 1 is 1.04 bits per heavy atom. The summed E-state index contributed by atoms with van der Waals surface area (Å²) in [7, 11) is 3.04. The van der Waals surface area contributed by atoms with Gasteiger partial charge in [-0.15, -0.1) is 0 Å². The minimum absolute atomic E-state index is 0.288. The molecule has 1 amide bonds. The minimum atomic E-state index is -0.829. The zero-order valence-corrected chi connectivity index (χ0v) is 14.4. The Morgan fingerprint density at radius 2 is 1.60 bits per heavy atom. The van der Waals surface area contributed by atoms with Crippen LogP contribution in [-0.2, 0) is 11.2 Å². The molecule has 0 aliphatic rings. The molecule has 25 heavy (non-hydrogen) atoms. The van der Waals surface area contributed by atoms with E-state index in [1.807, 2.05) is 0 Å². The summed E-state index contributed by atoms with van der Waals surface area (Å²) < 4.78 is 10.3. The van der Waals surface area contributed by atoms with Gasteiger partial charge in [0.1, 0.15) is 11.5 Å². The standard InChI is InChI=1S/C19H21NO5/c1-12(19(22)23)8-13-4-6-15(7-5-13)20-18(21)14-9-16(24-2)11-17(10-14)25-3/h4-7,9-12H,8H2,1-3H3,(H,20,21)(H,22,23). The number of hydrogen-bond donors (Lipinski definition) is 2. The first-order valence-electron chi connectivity index (χ1n) is 7.79. The summed E-state index contributed by atoms with van der Waals surface area (Å²) in [5, 5.41) is 11.7. The van der Waals surface area contributed by atoms with Crippen LogP contribution in [0.4, 0.5) is 5.69 Å². The molecule has 2 rings (SSSR count). The second-order valence-electron chi connectivity index (χ2n) is 5.70. The summed E-state index contributed by atoms with van der Waals surface area (Å²) in [5.74, 6) is -0.511. The van der Waals surface area contributed by atoms with E-state index in [1.165, 1.54) is 14.2 Å².